The number of ether oxygens (including phenoxy) is 2. The zero-order valence-corrected chi connectivity index (χ0v) is 18.2. The minimum absolute atomic E-state index is 0.177. The molecule has 0 aliphatic rings. The quantitative estimate of drug-likeness (QED) is 0.428. The van der Waals surface area contributed by atoms with Crippen molar-refractivity contribution < 1.29 is 18.7 Å². The van der Waals surface area contributed by atoms with Crippen LogP contribution in [0, 0.1) is 6.92 Å². The number of furan rings is 1. The molecule has 0 saturated heterocycles. The maximum Gasteiger partial charge on any atom is 0.291 e. The van der Waals surface area contributed by atoms with E-state index in [1.807, 2.05) is 42.1 Å². The molecule has 0 unspecified atom stereocenters. The highest BCUT2D eigenvalue weighted by molar-refractivity contribution is 6.02. The van der Waals surface area contributed by atoms with Crippen LogP contribution in [0.3, 0.4) is 0 Å². The van der Waals surface area contributed by atoms with Gasteiger partial charge < -0.3 is 19.2 Å². The Bertz CT molecular complexity index is 1210. The predicted molar refractivity (Wildman–Crippen MR) is 118 cm³/mol. The van der Waals surface area contributed by atoms with Gasteiger partial charge in [-0.25, -0.2) is 0 Å². The first-order valence-electron chi connectivity index (χ1n) is 10.3. The third kappa shape index (κ3) is 4.66. The van der Waals surface area contributed by atoms with E-state index < -0.39 is 0 Å². The fourth-order valence-corrected chi connectivity index (χ4v) is 3.31. The first-order valence-corrected chi connectivity index (χ1v) is 10.3. The lowest BCUT2D eigenvalue weighted by atomic mass is 10.2. The molecular formula is C23H25N5O4. The van der Waals surface area contributed by atoms with Crippen molar-refractivity contribution in [3.8, 4) is 11.5 Å². The fourth-order valence-electron chi connectivity index (χ4n) is 3.31. The van der Waals surface area contributed by atoms with Gasteiger partial charge in [-0.15, -0.1) is 0 Å². The highest BCUT2D eigenvalue weighted by atomic mass is 16.5. The van der Waals surface area contributed by atoms with E-state index in [9.17, 15) is 4.79 Å². The Balaban J connectivity index is 1.34. The molecule has 0 aliphatic carbocycles. The standard InChI is InChI=1S/C23H25N5O4/c1-4-28-16(2)17(11-25-28)13-27-14-18(12-24-27)26-23(29)22-10-9-19(32-22)15-31-21-8-6-5-7-20(21)30-3/h5-12,14H,4,13,15H2,1-3H3,(H,26,29). The van der Waals surface area contributed by atoms with Gasteiger partial charge in [-0.05, 0) is 38.1 Å². The molecule has 1 amide bonds. The SMILES string of the molecule is CCn1ncc(Cn2cc(NC(=O)c3ccc(COc4ccccc4OC)o3)cn2)c1C. The third-order valence-electron chi connectivity index (χ3n) is 5.05. The molecule has 0 saturated carbocycles. The second-order valence-corrected chi connectivity index (χ2v) is 7.16. The van der Waals surface area contributed by atoms with E-state index >= 15 is 0 Å². The highest BCUT2D eigenvalue weighted by Gasteiger charge is 2.14. The monoisotopic (exact) mass is 435 g/mol. The zero-order chi connectivity index (χ0) is 22.5. The Morgan fingerprint density at radius 2 is 1.94 bits per heavy atom. The number of amides is 1. The normalized spacial score (nSPS) is 10.8. The van der Waals surface area contributed by atoms with Crippen LogP contribution < -0.4 is 14.8 Å². The largest absolute Gasteiger partial charge is 0.493 e. The lowest BCUT2D eigenvalue weighted by Gasteiger charge is -2.08. The van der Waals surface area contributed by atoms with E-state index in [0.29, 0.717) is 29.5 Å². The number of carbonyl (C=O) groups is 1. The summed E-state index contributed by atoms with van der Waals surface area (Å²) in [6.45, 7) is 5.66. The Morgan fingerprint density at radius 1 is 1.12 bits per heavy atom. The average Bonchev–Trinajstić information content (AvgIpc) is 3.54. The summed E-state index contributed by atoms with van der Waals surface area (Å²) >= 11 is 0. The molecule has 0 bridgehead atoms. The third-order valence-corrected chi connectivity index (χ3v) is 5.05. The van der Waals surface area contributed by atoms with Gasteiger partial charge in [0.1, 0.15) is 12.4 Å². The summed E-state index contributed by atoms with van der Waals surface area (Å²) in [5.74, 6) is 1.59. The molecule has 4 rings (SSSR count). The molecule has 9 heteroatoms. The topological polar surface area (TPSA) is 96.3 Å². The Kier molecular flexibility index (Phi) is 6.25. The summed E-state index contributed by atoms with van der Waals surface area (Å²) in [7, 11) is 1.58. The lowest BCUT2D eigenvalue weighted by Crippen LogP contribution is -2.10. The Morgan fingerprint density at radius 3 is 2.69 bits per heavy atom. The first kappa shape index (κ1) is 21.2. The molecule has 1 aromatic carbocycles. The van der Waals surface area contributed by atoms with Crippen molar-refractivity contribution in [2.75, 3.05) is 12.4 Å². The number of anilines is 1. The van der Waals surface area contributed by atoms with Crippen LogP contribution in [0.15, 0.2) is 59.4 Å². The van der Waals surface area contributed by atoms with Gasteiger partial charge >= 0.3 is 0 Å². The van der Waals surface area contributed by atoms with Crippen LogP contribution in [0.5, 0.6) is 11.5 Å². The minimum Gasteiger partial charge on any atom is -0.493 e. The molecule has 0 radical (unpaired) electrons. The molecular weight excluding hydrogens is 410 g/mol. The van der Waals surface area contributed by atoms with Crippen LogP contribution in [0.4, 0.5) is 5.69 Å². The summed E-state index contributed by atoms with van der Waals surface area (Å²) in [6, 6.07) is 10.7. The molecule has 3 heterocycles. The van der Waals surface area contributed by atoms with E-state index in [1.54, 1.807) is 36.3 Å². The van der Waals surface area contributed by atoms with E-state index in [4.69, 9.17) is 13.9 Å². The number of benzene rings is 1. The molecule has 32 heavy (non-hydrogen) atoms. The van der Waals surface area contributed by atoms with E-state index in [1.165, 1.54) is 0 Å². The molecule has 166 valence electrons. The number of hydrogen-bond acceptors (Lipinski definition) is 6. The van der Waals surface area contributed by atoms with Crippen molar-refractivity contribution in [2.24, 2.45) is 0 Å². The van der Waals surface area contributed by atoms with Crippen molar-refractivity contribution >= 4 is 11.6 Å². The number of rotatable bonds is 9. The highest BCUT2D eigenvalue weighted by Crippen LogP contribution is 2.27. The Labute approximate surface area is 185 Å². The second kappa shape index (κ2) is 9.42. The zero-order valence-electron chi connectivity index (χ0n) is 18.2. The number of nitrogens with one attached hydrogen (secondary N) is 1. The van der Waals surface area contributed by atoms with Crippen molar-refractivity contribution in [3.63, 3.8) is 0 Å². The summed E-state index contributed by atoms with van der Waals surface area (Å²) < 4.78 is 20.3. The van der Waals surface area contributed by atoms with E-state index in [-0.39, 0.29) is 18.3 Å². The van der Waals surface area contributed by atoms with Crippen LogP contribution in [0.1, 0.15) is 34.5 Å². The van der Waals surface area contributed by atoms with Gasteiger partial charge in [0, 0.05) is 24.0 Å². The Hall–Kier alpha value is -4.01. The molecule has 0 atom stereocenters. The van der Waals surface area contributed by atoms with Crippen LogP contribution in [0.25, 0.3) is 0 Å². The van der Waals surface area contributed by atoms with Crippen molar-refractivity contribution in [1.29, 1.82) is 0 Å². The van der Waals surface area contributed by atoms with Gasteiger partial charge in [0.15, 0.2) is 17.3 Å². The maximum absolute atomic E-state index is 12.5. The van der Waals surface area contributed by atoms with Crippen LogP contribution in [-0.4, -0.2) is 32.6 Å². The number of aromatic nitrogens is 4. The maximum atomic E-state index is 12.5. The molecule has 0 fully saturated rings. The smallest absolute Gasteiger partial charge is 0.291 e. The average molecular weight is 435 g/mol. The molecule has 0 spiro atoms. The first-order chi connectivity index (χ1) is 15.6. The van der Waals surface area contributed by atoms with Crippen molar-refractivity contribution in [1.82, 2.24) is 19.6 Å². The summed E-state index contributed by atoms with van der Waals surface area (Å²) in [5, 5.41) is 11.5. The number of hydrogen-bond donors (Lipinski definition) is 1. The van der Waals surface area contributed by atoms with Gasteiger partial charge in [-0.1, -0.05) is 12.1 Å². The van der Waals surface area contributed by atoms with Crippen molar-refractivity contribution in [2.45, 2.75) is 33.5 Å². The number of para-hydroxylation sites is 2. The van der Waals surface area contributed by atoms with Gasteiger partial charge in [0.05, 0.1) is 31.7 Å². The molecule has 1 N–H and O–H groups in total. The predicted octanol–water partition coefficient (Wildman–Crippen LogP) is 3.89. The van der Waals surface area contributed by atoms with Gasteiger partial charge in [-0.2, -0.15) is 10.2 Å². The van der Waals surface area contributed by atoms with Crippen LogP contribution >= 0.6 is 0 Å². The van der Waals surface area contributed by atoms with Gasteiger partial charge in [0.2, 0.25) is 0 Å². The molecule has 0 aliphatic heterocycles. The summed E-state index contributed by atoms with van der Waals surface area (Å²) in [4.78, 5) is 12.5. The fraction of sp³-hybridized carbons (Fsp3) is 0.261. The molecule has 9 nitrogen and oxygen atoms in total. The number of nitrogens with zero attached hydrogens (tertiary/aromatic N) is 4. The van der Waals surface area contributed by atoms with Crippen LogP contribution in [0.2, 0.25) is 0 Å². The van der Waals surface area contributed by atoms with Gasteiger partial charge in [0.25, 0.3) is 5.91 Å². The van der Waals surface area contributed by atoms with Crippen molar-refractivity contribution in [3.05, 3.63) is 77.8 Å². The number of carbonyl (C=O) groups excluding carboxylic acids is 1. The second-order valence-electron chi connectivity index (χ2n) is 7.16. The van der Waals surface area contributed by atoms with E-state index in [0.717, 1.165) is 17.8 Å². The summed E-state index contributed by atoms with van der Waals surface area (Å²) in [5.41, 5.74) is 2.77. The van der Waals surface area contributed by atoms with Crippen LogP contribution in [-0.2, 0) is 19.7 Å². The van der Waals surface area contributed by atoms with Gasteiger partial charge in [-0.3, -0.25) is 14.2 Å². The molecule has 4 aromatic rings. The number of aryl methyl sites for hydroxylation is 1. The van der Waals surface area contributed by atoms with E-state index in [2.05, 4.69) is 22.4 Å². The lowest BCUT2D eigenvalue weighted by molar-refractivity contribution is 0.0992. The summed E-state index contributed by atoms with van der Waals surface area (Å²) in [6.07, 6.45) is 5.22. The minimum atomic E-state index is -0.358. The number of methoxy groups -OCH3 is 1. The molecule has 3 aromatic heterocycles.